The van der Waals surface area contributed by atoms with Crippen molar-refractivity contribution >= 4 is 18.5 Å². The van der Waals surface area contributed by atoms with Gasteiger partial charge in [0.1, 0.15) is 0 Å². The fourth-order valence-electron chi connectivity index (χ4n) is 1.92. The van der Waals surface area contributed by atoms with Gasteiger partial charge in [0.05, 0.1) is 5.25 Å². The molecule has 0 bridgehead atoms. The van der Waals surface area contributed by atoms with E-state index in [2.05, 4.69) is 38.7 Å². The Balaban J connectivity index is 2.36. The predicted molar refractivity (Wildman–Crippen MR) is 84.6 cm³/mol. The molecule has 0 aliphatic carbocycles. The normalized spacial score (nSPS) is 14.2. The Kier molecular flexibility index (Phi) is 7.00. The number of hydrogen-bond acceptors (Lipinski definition) is 2. The summed E-state index contributed by atoms with van der Waals surface area (Å²) in [4.78, 5) is 12.0. The highest BCUT2D eigenvalue weighted by Crippen LogP contribution is 2.10. The quantitative estimate of drug-likeness (QED) is 0.735. The minimum absolute atomic E-state index is 0.0310. The fourth-order valence-corrected chi connectivity index (χ4v) is 2.21. The summed E-state index contributed by atoms with van der Waals surface area (Å²) in [6, 6.07) is 10.2. The maximum Gasteiger partial charge on any atom is 0.233 e. The fraction of sp³-hybridized carbons (Fsp3) is 0.562. The first kappa shape index (κ1) is 16.1. The molecule has 0 saturated heterocycles. The van der Waals surface area contributed by atoms with Crippen LogP contribution >= 0.6 is 12.6 Å². The van der Waals surface area contributed by atoms with Gasteiger partial charge < -0.3 is 5.32 Å². The van der Waals surface area contributed by atoms with E-state index in [-0.39, 0.29) is 17.2 Å². The van der Waals surface area contributed by atoms with Crippen molar-refractivity contribution in [2.45, 2.75) is 51.3 Å². The van der Waals surface area contributed by atoms with Gasteiger partial charge in [-0.25, -0.2) is 0 Å². The number of thiol groups is 1. The molecule has 1 N–H and O–H groups in total. The Morgan fingerprint density at radius 1 is 1.16 bits per heavy atom. The maximum absolute atomic E-state index is 12.0. The zero-order valence-corrected chi connectivity index (χ0v) is 13.0. The van der Waals surface area contributed by atoms with Crippen LogP contribution in [0.5, 0.6) is 0 Å². The Hall–Kier alpha value is -0.960. The van der Waals surface area contributed by atoms with Crippen LogP contribution in [0.3, 0.4) is 0 Å². The van der Waals surface area contributed by atoms with Gasteiger partial charge >= 0.3 is 0 Å². The topological polar surface area (TPSA) is 29.1 Å². The number of carbonyl (C=O) groups is 1. The second kappa shape index (κ2) is 8.26. The second-order valence-corrected chi connectivity index (χ2v) is 6.21. The summed E-state index contributed by atoms with van der Waals surface area (Å²) < 4.78 is 0. The first-order chi connectivity index (χ1) is 8.99. The van der Waals surface area contributed by atoms with Crippen LogP contribution in [0.15, 0.2) is 30.3 Å². The van der Waals surface area contributed by atoms with Gasteiger partial charge in [-0.05, 0) is 37.7 Å². The van der Waals surface area contributed by atoms with E-state index in [0.717, 1.165) is 18.4 Å². The van der Waals surface area contributed by atoms with Gasteiger partial charge in [0.2, 0.25) is 5.91 Å². The molecule has 0 fully saturated rings. The molecule has 1 rings (SSSR count). The number of amides is 1. The van der Waals surface area contributed by atoms with Gasteiger partial charge in [-0.15, -0.1) is 0 Å². The van der Waals surface area contributed by atoms with Crippen molar-refractivity contribution in [3.63, 3.8) is 0 Å². The molecule has 3 heteroatoms. The van der Waals surface area contributed by atoms with Gasteiger partial charge in [-0.1, -0.05) is 44.2 Å². The lowest BCUT2D eigenvalue weighted by Gasteiger charge is -2.18. The average Bonchev–Trinajstić information content (AvgIpc) is 2.37. The van der Waals surface area contributed by atoms with E-state index in [9.17, 15) is 4.79 Å². The molecule has 0 aliphatic rings. The van der Waals surface area contributed by atoms with E-state index in [1.165, 1.54) is 0 Å². The molecule has 0 radical (unpaired) electrons. The first-order valence-electron chi connectivity index (χ1n) is 7.01. The summed E-state index contributed by atoms with van der Waals surface area (Å²) in [6.07, 6.45) is 2.83. The molecule has 2 atom stereocenters. The van der Waals surface area contributed by atoms with Crippen LogP contribution in [0.4, 0.5) is 0 Å². The summed E-state index contributed by atoms with van der Waals surface area (Å²) >= 11 is 4.41. The standard InChI is InChI=1S/C16H25NOS/c1-12(2)9-10-13(3)17-16(18)15(19)11-14-7-5-4-6-8-14/h4-8,12-13,15,19H,9-11H2,1-3H3,(H,17,18). The Morgan fingerprint density at radius 2 is 1.79 bits per heavy atom. The molecule has 1 aromatic rings. The van der Waals surface area contributed by atoms with Gasteiger partial charge in [-0.3, -0.25) is 4.79 Å². The van der Waals surface area contributed by atoms with E-state index in [0.29, 0.717) is 12.3 Å². The van der Waals surface area contributed by atoms with Crippen LogP contribution in [-0.2, 0) is 11.2 Å². The van der Waals surface area contributed by atoms with Crippen molar-refractivity contribution in [2.24, 2.45) is 5.92 Å². The van der Waals surface area contributed by atoms with Gasteiger partial charge in [0, 0.05) is 6.04 Å². The maximum atomic E-state index is 12.0. The van der Waals surface area contributed by atoms with Gasteiger partial charge in [0.25, 0.3) is 0 Å². The van der Waals surface area contributed by atoms with Crippen LogP contribution in [0.2, 0.25) is 0 Å². The summed E-state index contributed by atoms with van der Waals surface area (Å²) in [5, 5.41) is 2.77. The Morgan fingerprint density at radius 3 is 2.37 bits per heavy atom. The first-order valence-corrected chi connectivity index (χ1v) is 7.53. The summed E-state index contributed by atoms with van der Waals surface area (Å²) in [5.41, 5.74) is 1.15. The summed E-state index contributed by atoms with van der Waals surface area (Å²) in [7, 11) is 0. The van der Waals surface area contributed by atoms with Crippen LogP contribution < -0.4 is 5.32 Å². The smallest absolute Gasteiger partial charge is 0.233 e. The minimum Gasteiger partial charge on any atom is -0.353 e. The van der Waals surface area contributed by atoms with Crippen molar-refractivity contribution in [2.75, 3.05) is 0 Å². The molecule has 0 heterocycles. The van der Waals surface area contributed by atoms with Crippen LogP contribution in [-0.4, -0.2) is 17.2 Å². The molecule has 19 heavy (non-hydrogen) atoms. The monoisotopic (exact) mass is 279 g/mol. The van der Waals surface area contributed by atoms with E-state index >= 15 is 0 Å². The molecule has 2 nitrogen and oxygen atoms in total. The lowest BCUT2D eigenvalue weighted by molar-refractivity contribution is -0.121. The Labute approximate surface area is 122 Å². The van der Waals surface area contributed by atoms with E-state index in [1.807, 2.05) is 30.3 Å². The summed E-state index contributed by atoms with van der Waals surface area (Å²) in [6.45, 7) is 6.46. The lowest BCUT2D eigenvalue weighted by Crippen LogP contribution is -2.38. The third-order valence-electron chi connectivity index (χ3n) is 3.14. The van der Waals surface area contributed by atoms with Crippen molar-refractivity contribution in [1.82, 2.24) is 5.32 Å². The lowest BCUT2D eigenvalue weighted by atomic mass is 10.0. The molecule has 106 valence electrons. The zero-order valence-electron chi connectivity index (χ0n) is 12.1. The molecular weight excluding hydrogens is 254 g/mol. The molecule has 0 saturated carbocycles. The highest BCUT2D eigenvalue weighted by atomic mass is 32.1. The van der Waals surface area contributed by atoms with E-state index in [1.54, 1.807) is 0 Å². The SMILES string of the molecule is CC(C)CCC(C)NC(=O)C(S)Cc1ccccc1. The van der Waals surface area contributed by atoms with Crippen LogP contribution in [0.25, 0.3) is 0 Å². The van der Waals surface area contributed by atoms with Gasteiger partial charge in [-0.2, -0.15) is 12.6 Å². The molecule has 1 amide bonds. The van der Waals surface area contributed by atoms with Crippen molar-refractivity contribution < 1.29 is 4.79 Å². The number of benzene rings is 1. The van der Waals surface area contributed by atoms with Crippen LogP contribution in [0, 0.1) is 5.92 Å². The molecular formula is C16H25NOS. The molecule has 0 aromatic heterocycles. The number of carbonyl (C=O) groups excluding carboxylic acids is 1. The van der Waals surface area contributed by atoms with Crippen molar-refractivity contribution in [3.05, 3.63) is 35.9 Å². The number of nitrogens with one attached hydrogen (secondary N) is 1. The van der Waals surface area contributed by atoms with Gasteiger partial charge in [0.15, 0.2) is 0 Å². The summed E-state index contributed by atoms with van der Waals surface area (Å²) in [5.74, 6) is 0.707. The third kappa shape index (κ3) is 6.67. The molecule has 2 unspecified atom stereocenters. The molecule has 0 aliphatic heterocycles. The Bertz CT molecular complexity index is 378. The van der Waals surface area contributed by atoms with E-state index in [4.69, 9.17) is 0 Å². The average molecular weight is 279 g/mol. The predicted octanol–water partition coefficient (Wildman–Crippen LogP) is 3.47. The minimum atomic E-state index is -0.274. The van der Waals surface area contributed by atoms with Crippen molar-refractivity contribution in [1.29, 1.82) is 0 Å². The molecule has 0 spiro atoms. The number of rotatable bonds is 7. The molecule has 1 aromatic carbocycles. The van der Waals surface area contributed by atoms with Crippen LogP contribution in [0.1, 0.15) is 39.2 Å². The largest absolute Gasteiger partial charge is 0.353 e. The van der Waals surface area contributed by atoms with Crippen molar-refractivity contribution in [3.8, 4) is 0 Å². The zero-order chi connectivity index (χ0) is 14.3. The second-order valence-electron chi connectivity index (χ2n) is 5.59. The highest BCUT2D eigenvalue weighted by molar-refractivity contribution is 7.81. The third-order valence-corrected chi connectivity index (χ3v) is 3.56. The van der Waals surface area contributed by atoms with E-state index < -0.39 is 0 Å². The highest BCUT2D eigenvalue weighted by Gasteiger charge is 2.16. The number of hydrogen-bond donors (Lipinski definition) is 2.